The summed E-state index contributed by atoms with van der Waals surface area (Å²) >= 11 is 0. The Labute approximate surface area is 153 Å². The van der Waals surface area contributed by atoms with Gasteiger partial charge in [-0.15, -0.1) is 0 Å². The maximum Gasteiger partial charge on any atom is 0.416 e. The van der Waals surface area contributed by atoms with E-state index < -0.39 is 40.1 Å². The predicted octanol–water partition coefficient (Wildman–Crippen LogP) is 2.65. The summed E-state index contributed by atoms with van der Waals surface area (Å²) in [5.41, 5.74) is -0.886. The van der Waals surface area contributed by atoms with E-state index in [-0.39, 0.29) is 37.6 Å². The minimum absolute atomic E-state index is 0.00352. The summed E-state index contributed by atoms with van der Waals surface area (Å²) in [6, 6.07) is 2.87. The van der Waals surface area contributed by atoms with Gasteiger partial charge in [0.15, 0.2) is 0 Å². The number of hydrogen-bond donors (Lipinski definition) is 0. The Hall–Kier alpha value is -1.88. The van der Waals surface area contributed by atoms with Gasteiger partial charge in [0.2, 0.25) is 10.0 Å². The molecule has 0 radical (unpaired) electrons. The monoisotopic (exact) mass is 410 g/mol. The highest BCUT2D eigenvalue weighted by Crippen LogP contribution is 2.31. The van der Waals surface area contributed by atoms with Crippen molar-refractivity contribution in [1.82, 2.24) is 9.21 Å². The van der Waals surface area contributed by atoms with Crippen LogP contribution < -0.4 is 4.74 Å². The first-order valence-corrected chi connectivity index (χ1v) is 9.95. The largest absolute Gasteiger partial charge is 0.416 e. The zero-order valence-electron chi connectivity index (χ0n) is 14.2. The lowest BCUT2D eigenvalue weighted by Gasteiger charge is -2.37. The summed E-state index contributed by atoms with van der Waals surface area (Å²) in [4.78, 5) is 13.3. The van der Waals surface area contributed by atoms with Gasteiger partial charge >= 0.3 is 12.3 Å². The summed E-state index contributed by atoms with van der Waals surface area (Å²) in [5, 5.41) is 0. The molecule has 3 rings (SSSR count). The van der Waals surface area contributed by atoms with E-state index in [1.54, 1.807) is 0 Å². The predicted molar refractivity (Wildman–Crippen MR) is 87.5 cm³/mol. The molecule has 27 heavy (non-hydrogen) atoms. The fraction of sp³-hybridized carbons (Fsp3) is 0.562. The fourth-order valence-corrected chi connectivity index (χ4v) is 5.06. The highest BCUT2D eigenvalue weighted by molar-refractivity contribution is 7.89. The Kier molecular flexibility index (Phi) is 5.35. The van der Waals surface area contributed by atoms with E-state index in [9.17, 15) is 30.8 Å². The summed E-state index contributed by atoms with van der Waals surface area (Å²) in [6.07, 6.45) is -6.42. The number of piperidine rings is 1. The molecule has 2 aliphatic heterocycles. The van der Waals surface area contributed by atoms with Gasteiger partial charge in [-0.3, -0.25) is 0 Å². The topological polar surface area (TPSA) is 66.9 Å². The van der Waals surface area contributed by atoms with Gasteiger partial charge in [-0.2, -0.15) is 17.5 Å². The molecular formula is C16H18F4N2O4S. The van der Waals surface area contributed by atoms with Crippen LogP contribution >= 0.6 is 0 Å². The van der Waals surface area contributed by atoms with Crippen molar-refractivity contribution in [3.05, 3.63) is 29.8 Å². The van der Waals surface area contributed by atoms with Crippen molar-refractivity contribution in [2.75, 3.05) is 25.4 Å². The van der Waals surface area contributed by atoms with E-state index in [4.69, 9.17) is 4.74 Å². The van der Waals surface area contributed by atoms with Crippen LogP contribution in [-0.4, -0.2) is 61.3 Å². The fourth-order valence-electron chi connectivity index (χ4n) is 3.32. The van der Waals surface area contributed by atoms with Crippen molar-refractivity contribution in [3.8, 4) is 5.75 Å². The lowest BCUT2D eigenvalue weighted by molar-refractivity contribution is -0.137. The highest BCUT2D eigenvalue weighted by Gasteiger charge is 2.41. The number of carbonyl (C=O) groups excluding carboxylic acids is 1. The highest BCUT2D eigenvalue weighted by atomic mass is 32.2. The van der Waals surface area contributed by atoms with Crippen LogP contribution in [0.1, 0.15) is 18.4 Å². The van der Waals surface area contributed by atoms with Crippen LogP contribution in [0.25, 0.3) is 0 Å². The molecule has 2 saturated heterocycles. The van der Waals surface area contributed by atoms with Gasteiger partial charge in [-0.1, -0.05) is 0 Å². The summed E-state index contributed by atoms with van der Waals surface area (Å²) in [5.74, 6) is -0.115. The molecule has 1 aromatic carbocycles. The first-order valence-electron chi connectivity index (χ1n) is 8.34. The van der Waals surface area contributed by atoms with Gasteiger partial charge in [-0.05, 0) is 37.1 Å². The number of hydrogen-bond acceptors (Lipinski definition) is 4. The van der Waals surface area contributed by atoms with Gasteiger partial charge in [0.25, 0.3) is 0 Å². The van der Waals surface area contributed by atoms with Crippen LogP contribution in [0.5, 0.6) is 5.75 Å². The van der Waals surface area contributed by atoms with Crippen LogP contribution in [0.2, 0.25) is 0 Å². The third kappa shape index (κ3) is 4.52. The maximum absolute atomic E-state index is 14.1. The third-order valence-electron chi connectivity index (χ3n) is 4.57. The number of ether oxygens (including phenoxy) is 1. The molecule has 0 aromatic heterocycles. The Morgan fingerprint density at radius 3 is 2.37 bits per heavy atom. The number of rotatable bonds is 2. The van der Waals surface area contributed by atoms with E-state index in [1.807, 2.05) is 0 Å². The molecule has 11 heteroatoms. The van der Waals surface area contributed by atoms with Crippen LogP contribution in [0.3, 0.4) is 0 Å². The van der Waals surface area contributed by atoms with Gasteiger partial charge in [-0.25, -0.2) is 17.6 Å². The Morgan fingerprint density at radius 1 is 1.15 bits per heavy atom. The maximum atomic E-state index is 14.1. The Morgan fingerprint density at radius 2 is 1.81 bits per heavy atom. The molecule has 1 amide bonds. The van der Waals surface area contributed by atoms with E-state index in [0.717, 1.165) is 29.2 Å². The third-order valence-corrected chi connectivity index (χ3v) is 6.57. The molecule has 0 N–H and O–H groups in total. The average Bonchev–Trinajstić information content (AvgIpc) is 2.93. The molecule has 2 heterocycles. The summed E-state index contributed by atoms with van der Waals surface area (Å²) in [6.45, 7) is -0.00944. The number of benzene rings is 1. The molecular weight excluding hydrogens is 392 g/mol. The molecule has 150 valence electrons. The van der Waals surface area contributed by atoms with Gasteiger partial charge in [0.05, 0.1) is 17.9 Å². The number of amides is 1. The standard InChI is InChI=1S/C16H18F4N2O4S/c17-12-8-13(22-6-1-7-27(22,24)25)10-21(9-12)15(23)26-14-4-2-11(3-5-14)16(18,19)20/h2-5,12-13H,1,6-10H2/t12-,13-/m0/s1. The normalized spacial score (nSPS) is 26.1. The minimum atomic E-state index is -4.51. The number of nitrogens with zero attached hydrogens (tertiary/aromatic N) is 2. The van der Waals surface area contributed by atoms with E-state index in [1.165, 1.54) is 4.31 Å². The van der Waals surface area contributed by atoms with Crippen molar-refractivity contribution in [1.29, 1.82) is 0 Å². The Balaban J connectivity index is 1.67. The second-order valence-corrected chi connectivity index (χ2v) is 8.60. The minimum Gasteiger partial charge on any atom is -0.410 e. The summed E-state index contributed by atoms with van der Waals surface area (Å²) in [7, 11) is -3.46. The van der Waals surface area contributed by atoms with Crippen LogP contribution in [0, 0.1) is 0 Å². The molecule has 0 saturated carbocycles. The van der Waals surface area contributed by atoms with E-state index in [0.29, 0.717) is 6.42 Å². The van der Waals surface area contributed by atoms with Crippen molar-refractivity contribution in [2.45, 2.75) is 31.2 Å². The SMILES string of the molecule is O=C(Oc1ccc(C(F)(F)F)cc1)N1C[C@@H](F)C[C@H](N2CCCS2(=O)=O)C1. The molecule has 1 aromatic rings. The van der Waals surface area contributed by atoms with E-state index >= 15 is 0 Å². The first kappa shape index (κ1) is 19.9. The van der Waals surface area contributed by atoms with Gasteiger partial charge < -0.3 is 9.64 Å². The average molecular weight is 410 g/mol. The van der Waals surface area contributed by atoms with Crippen LogP contribution in [-0.2, 0) is 16.2 Å². The van der Waals surface area contributed by atoms with Crippen LogP contribution in [0.15, 0.2) is 24.3 Å². The second-order valence-electron chi connectivity index (χ2n) is 6.56. The molecule has 0 bridgehead atoms. The lowest BCUT2D eigenvalue weighted by atomic mass is 10.0. The zero-order valence-corrected chi connectivity index (χ0v) is 15.0. The molecule has 2 fully saturated rings. The number of sulfonamides is 1. The smallest absolute Gasteiger partial charge is 0.410 e. The van der Waals surface area contributed by atoms with Crippen molar-refractivity contribution in [2.24, 2.45) is 0 Å². The quantitative estimate of drug-likeness (QED) is 0.703. The number of alkyl halides is 4. The second kappa shape index (κ2) is 7.27. The molecule has 6 nitrogen and oxygen atoms in total. The first-order chi connectivity index (χ1) is 12.6. The molecule has 0 spiro atoms. The zero-order chi connectivity index (χ0) is 19.8. The lowest BCUT2D eigenvalue weighted by Crippen LogP contribution is -2.54. The van der Waals surface area contributed by atoms with Crippen LogP contribution in [0.4, 0.5) is 22.4 Å². The molecule has 0 unspecified atom stereocenters. The Bertz CT molecular complexity index is 798. The number of halogens is 4. The molecule has 2 atom stereocenters. The summed E-state index contributed by atoms with van der Waals surface area (Å²) < 4.78 is 82.0. The van der Waals surface area contributed by atoms with Crippen molar-refractivity contribution in [3.63, 3.8) is 0 Å². The molecule has 2 aliphatic rings. The van der Waals surface area contributed by atoms with Gasteiger partial charge in [0.1, 0.15) is 11.9 Å². The van der Waals surface area contributed by atoms with Crippen molar-refractivity contribution < 1.29 is 35.5 Å². The van der Waals surface area contributed by atoms with E-state index in [2.05, 4.69) is 0 Å². The molecule has 0 aliphatic carbocycles. The number of carbonyl (C=O) groups is 1. The number of likely N-dealkylation sites (tertiary alicyclic amines) is 1. The van der Waals surface area contributed by atoms with Gasteiger partial charge in [0, 0.05) is 19.1 Å². The van der Waals surface area contributed by atoms with Crippen molar-refractivity contribution >= 4 is 16.1 Å².